The third kappa shape index (κ3) is 5.30. The highest BCUT2D eigenvalue weighted by Crippen LogP contribution is 2.18. The number of carbonyl (C=O) groups excluding carboxylic acids is 1. The summed E-state index contributed by atoms with van der Waals surface area (Å²) < 4.78 is 11.7. The van der Waals surface area contributed by atoms with Gasteiger partial charge in [-0.1, -0.05) is 24.6 Å². The Kier molecular flexibility index (Phi) is 6.61. The standard InChI is InChI=1S/C21H26N2O3/c1-17-8-3-4-10-20(17)25-16-19(15-23-12-5-2-6-13-23)26-21(24)18-9-7-11-22-14-18/h3-4,7-11,14,19H,2,5-6,12-13,15-16H2,1H3. The van der Waals surface area contributed by atoms with E-state index in [1.165, 1.54) is 25.5 Å². The maximum atomic E-state index is 12.4. The molecule has 1 unspecified atom stereocenters. The molecule has 0 N–H and O–H groups in total. The Labute approximate surface area is 155 Å². The van der Waals surface area contributed by atoms with Gasteiger partial charge in [0.2, 0.25) is 0 Å². The van der Waals surface area contributed by atoms with Gasteiger partial charge in [-0.2, -0.15) is 0 Å². The topological polar surface area (TPSA) is 51.7 Å². The van der Waals surface area contributed by atoms with Crippen molar-refractivity contribution in [2.45, 2.75) is 32.3 Å². The number of likely N-dealkylation sites (tertiary alicyclic amines) is 1. The minimum Gasteiger partial charge on any atom is -0.489 e. The second-order valence-electron chi connectivity index (χ2n) is 6.71. The number of rotatable bonds is 7. The average Bonchev–Trinajstić information content (AvgIpc) is 2.68. The predicted octanol–water partition coefficient (Wildman–Crippen LogP) is 3.48. The fourth-order valence-electron chi connectivity index (χ4n) is 3.16. The Bertz CT molecular complexity index is 699. The third-order valence-corrected chi connectivity index (χ3v) is 4.60. The normalized spacial score (nSPS) is 16.0. The molecule has 26 heavy (non-hydrogen) atoms. The summed E-state index contributed by atoms with van der Waals surface area (Å²) in [4.78, 5) is 18.8. The molecule has 5 heteroatoms. The Morgan fingerprint density at radius 2 is 1.96 bits per heavy atom. The number of ether oxygens (including phenoxy) is 2. The summed E-state index contributed by atoms with van der Waals surface area (Å²) in [6.07, 6.45) is 6.52. The van der Waals surface area contributed by atoms with E-state index < -0.39 is 0 Å². The summed E-state index contributed by atoms with van der Waals surface area (Å²) >= 11 is 0. The van der Waals surface area contributed by atoms with E-state index in [2.05, 4.69) is 9.88 Å². The summed E-state index contributed by atoms with van der Waals surface area (Å²) in [7, 11) is 0. The van der Waals surface area contributed by atoms with E-state index in [1.807, 2.05) is 31.2 Å². The van der Waals surface area contributed by atoms with Crippen LogP contribution in [-0.2, 0) is 4.74 Å². The number of benzene rings is 1. The van der Waals surface area contributed by atoms with Crippen molar-refractivity contribution in [1.82, 2.24) is 9.88 Å². The van der Waals surface area contributed by atoms with Crippen LogP contribution < -0.4 is 4.74 Å². The van der Waals surface area contributed by atoms with E-state index in [1.54, 1.807) is 18.3 Å². The molecule has 1 aliphatic heterocycles. The van der Waals surface area contributed by atoms with Crippen LogP contribution in [-0.4, -0.2) is 48.2 Å². The molecular formula is C21H26N2O3. The van der Waals surface area contributed by atoms with Crippen LogP contribution in [0.15, 0.2) is 48.8 Å². The van der Waals surface area contributed by atoms with Crippen molar-refractivity contribution in [3.63, 3.8) is 0 Å². The molecule has 0 bridgehead atoms. The quantitative estimate of drug-likeness (QED) is 0.713. The van der Waals surface area contributed by atoms with Gasteiger partial charge in [0.25, 0.3) is 0 Å². The lowest BCUT2D eigenvalue weighted by atomic mass is 10.1. The number of hydrogen-bond donors (Lipinski definition) is 0. The van der Waals surface area contributed by atoms with Crippen LogP contribution in [0.25, 0.3) is 0 Å². The molecule has 0 spiro atoms. The van der Waals surface area contributed by atoms with Crippen molar-refractivity contribution in [3.05, 3.63) is 59.9 Å². The Morgan fingerprint density at radius 1 is 1.15 bits per heavy atom. The minimum absolute atomic E-state index is 0.319. The number of hydrogen-bond acceptors (Lipinski definition) is 5. The highest BCUT2D eigenvalue weighted by Gasteiger charge is 2.22. The van der Waals surface area contributed by atoms with E-state index in [0.29, 0.717) is 18.7 Å². The third-order valence-electron chi connectivity index (χ3n) is 4.60. The number of nitrogens with zero attached hydrogens (tertiary/aromatic N) is 2. The van der Waals surface area contributed by atoms with Crippen LogP contribution in [0, 0.1) is 6.92 Å². The van der Waals surface area contributed by atoms with Crippen molar-refractivity contribution in [1.29, 1.82) is 0 Å². The Morgan fingerprint density at radius 3 is 2.69 bits per heavy atom. The van der Waals surface area contributed by atoms with Gasteiger partial charge >= 0.3 is 5.97 Å². The van der Waals surface area contributed by atoms with Crippen molar-refractivity contribution < 1.29 is 14.3 Å². The van der Waals surface area contributed by atoms with Gasteiger partial charge in [0.1, 0.15) is 18.5 Å². The molecule has 5 nitrogen and oxygen atoms in total. The zero-order chi connectivity index (χ0) is 18.2. The monoisotopic (exact) mass is 354 g/mol. The molecule has 3 rings (SSSR count). The SMILES string of the molecule is Cc1ccccc1OCC(CN1CCCCC1)OC(=O)c1cccnc1. The lowest BCUT2D eigenvalue weighted by Gasteiger charge is -2.30. The molecule has 0 radical (unpaired) electrons. The molecule has 1 aromatic carbocycles. The van der Waals surface area contributed by atoms with E-state index in [4.69, 9.17) is 9.47 Å². The summed E-state index contributed by atoms with van der Waals surface area (Å²) in [5.74, 6) is 0.474. The van der Waals surface area contributed by atoms with Crippen molar-refractivity contribution in [2.24, 2.45) is 0 Å². The molecule has 1 atom stereocenters. The highest BCUT2D eigenvalue weighted by atomic mass is 16.6. The van der Waals surface area contributed by atoms with Crippen molar-refractivity contribution in [3.8, 4) is 5.75 Å². The van der Waals surface area contributed by atoms with Crippen LogP contribution >= 0.6 is 0 Å². The first-order valence-electron chi connectivity index (χ1n) is 9.24. The number of pyridine rings is 1. The van der Waals surface area contributed by atoms with E-state index >= 15 is 0 Å². The Hall–Kier alpha value is -2.40. The average molecular weight is 354 g/mol. The second kappa shape index (κ2) is 9.34. The number of esters is 1. The van der Waals surface area contributed by atoms with Gasteiger partial charge in [-0.3, -0.25) is 9.88 Å². The van der Waals surface area contributed by atoms with Crippen LogP contribution in [0.4, 0.5) is 0 Å². The minimum atomic E-state index is -0.353. The van der Waals surface area contributed by atoms with Gasteiger partial charge in [0.05, 0.1) is 5.56 Å². The zero-order valence-corrected chi connectivity index (χ0v) is 15.3. The van der Waals surface area contributed by atoms with Crippen LogP contribution in [0.2, 0.25) is 0 Å². The van der Waals surface area contributed by atoms with E-state index in [9.17, 15) is 4.79 Å². The van der Waals surface area contributed by atoms with Gasteiger partial charge in [-0.05, 0) is 56.6 Å². The number of carbonyl (C=O) groups is 1. The highest BCUT2D eigenvalue weighted by molar-refractivity contribution is 5.89. The smallest absolute Gasteiger partial charge is 0.340 e. The van der Waals surface area contributed by atoms with E-state index in [0.717, 1.165) is 24.4 Å². The fourth-order valence-corrected chi connectivity index (χ4v) is 3.16. The van der Waals surface area contributed by atoms with Crippen LogP contribution in [0.5, 0.6) is 5.75 Å². The molecule has 1 aromatic heterocycles. The molecule has 1 saturated heterocycles. The zero-order valence-electron chi connectivity index (χ0n) is 15.3. The van der Waals surface area contributed by atoms with Crippen molar-refractivity contribution >= 4 is 5.97 Å². The number of piperidine rings is 1. The predicted molar refractivity (Wildman–Crippen MR) is 100 cm³/mol. The molecule has 0 aliphatic carbocycles. The largest absolute Gasteiger partial charge is 0.489 e. The van der Waals surface area contributed by atoms with Crippen LogP contribution in [0.1, 0.15) is 35.2 Å². The van der Waals surface area contributed by atoms with Crippen LogP contribution in [0.3, 0.4) is 0 Å². The second-order valence-corrected chi connectivity index (χ2v) is 6.71. The molecule has 1 aliphatic rings. The molecule has 2 aromatic rings. The molecule has 0 saturated carbocycles. The van der Waals surface area contributed by atoms with Gasteiger partial charge in [0, 0.05) is 18.9 Å². The van der Waals surface area contributed by atoms with Gasteiger partial charge in [-0.15, -0.1) is 0 Å². The van der Waals surface area contributed by atoms with E-state index in [-0.39, 0.29) is 12.1 Å². The number of aromatic nitrogens is 1. The first kappa shape index (κ1) is 18.4. The lowest BCUT2D eigenvalue weighted by Crippen LogP contribution is -2.41. The van der Waals surface area contributed by atoms with Crippen molar-refractivity contribution in [2.75, 3.05) is 26.2 Å². The molecule has 1 fully saturated rings. The maximum Gasteiger partial charge on any atom is 0.340 e. The molecule has 0 amide bonds. The molecule has 2 heterocycles. The summed E-state index contributed by atoms with van der Waals surface area (Å²) in [6, 6.07) is 11.3. The van der Waals surface area contributed by atoms with Gasteiger partial charge in [0.15, 0.2) is 0 Å². The molecule has 138 valence electrons. The summed E-state index contributed by atoms with van der Waals surface area (Å²) in [6.45, 7) is 5.14. The number of aryl methyl sites for hydroxylation is 1. The lowest BCUT2D eigenvalue weighted by molar-refractivity contribution is 0.00381. The molecular weight excluding hydrogens is 328 g/mol. The number of para-hydroxylation sites is 1. The van der Waals surface area contributed by atoms with Gasteiger partial charge < -0.3 is 9.47 Å². The Balaban J connectivity index is 1.64. The fraction of sp³-hybridized carbons (Fsp3) is 0.429. The maximum absolute atomic E-state index is 12.4. The summed E-state index contributed by atoms with van der Waals surface area (Å²) in [5.41, 5.74) is 1.54. The summed E-state index contributed by atoms with van der Waals surface area (Å²) in [5, 5.41) is 0. The van der Waals surface area contributed by atoms with Gasteiger partial charge in [-0.25, -0.2) is 4.79 Å². The first-order valence-corrected chi connectivity index (χ1v) is 9.24. The first-order chi connectivity index (χ1) is 12.7.